The van der Waals surface area contributed by atoms with Gasteiger partial charge in [0, 0.05) is 18.8 Å². The highest BCUT2D eigenvalue weighted by Crippen LogP contribution is 2.24. The van der Waals surface area contributed by atoms with Gasteiger partial charge in [-0.2, -0.15) is 0 Å². The number of aryl methyl sites for hydroxylation is 1. The molecule has 0 unspecified atom stereocenters. The highest BCUT2D eigenvalue weighted by atomic mass is 32.1. The van der Waals surface area contributed by atoms with Crippen LogP contribution in [0.15, 0.2) is 41.2 Å². The summed E-state index contributed by atoms with van der Waals surface area (Å²) in [5, 5.41) is 6.70. The van der Waals surface area contributed by atoms with Crippen molar-refractivity contribution in [3.63, 3.8) is 0 Å². The van der Waals surface area contributed by atoms with Crippen LogP contribution >= 0.6 is 11.3 Å². The Kier molecular flexibility index (Phi) is 4.38. The normalized spacial score (nSPS) is 10.7. The molecule has 1 amide bonds. The van der Waals surface area contributed by atoms with Gasteiger partial charge in [-0.25, -0.2) is 4.98 Å². The summed E-state index contributed by atoms with van der Waals surface area (Å²) in [6, 6.07) is 11.1. The molecule has 1 aromatic carbocycles. The fraction of sp³-hybridized carbons (Fsp3) is 0.188. The Morgan fingerprint density at radius 1 is 1.22 bits per heavy atom. The van der Waals surface area contributed by atoms with Crippen molar-refractivity contribution < 1.29 is 4.79 Å². The highest BCUT2D eigenvalue weighted by molar-refractivity contribution is 7.22. The third kappa shape index (κ3) is 3.57. The zero-order valence-electron chi connectivity index (χ0n) is 12.6. The first-order chi connectivity index (χ1) is 11.1. The minimum atomic E-state index is -0.377. The van der Waals surface area contributed by atoms with Crippen molar-refractivity contribution in [3.05, 3.63) is 58.0 Å². The minimum Gasteiger partial charge on any atom is -0.360 e. The zero-order valence-corrected chi connectivity index (χ0v) is 13.4. The predicted octanol–water partition coefficient (Wildman–Crippen LogP) is 2.13. The van der Waals surface area contributed by atoms with Gasteiger partial charge in [-0.05, 0) is 31.2 Å². The predicted molar refractivity (Wildman–Crippen MR) is 92.2 cm³/mol. The second-order valence-electron chi connectivity index (χ2n) is 5.05. The largest absolute Gasteiger partial charge is 0.360 e. The van der Waals surface area contributed by atoms with Crippen LogP contribution in [0.25, 0.3) is 10.2 Å². The Morgan fingerprint density at radius 2 is 2.04 bits per heavy atom. The van der Waals surface area contributed by atoms with Crippen LogP contribution in [-0.4, -0.2) is 29.0 Å². The van der Waals surface area contributed by atoms with Crippen LogP contribution in [0.4, 0.5) is 5.13 Å². The Labute approximate surface area is 136 Å². The fourth-order valence-electron chi connectivity index (χ4n) is 2.14. The number of carbonyl (C=O) groups is 1. The molecule has 0 bridgehead atoms. The van der Waals surface area contributed by atoms with Crippen LogP contribution in [0.5, 0.6) is 0 Å². The number of aromatic amines is 1. The maximum absolute atomic E-state index is 12.0. The number of fused-ring (bicyclic) bond motifs is 1. The van der Waals surface area contributed by atoms with E-state index < -0.39 is 0 Å². The molecule has 6 nitrogen and oxygen atoms in total. The smallest absolute Gasteiger partial charge is 0.260 e. The summed E-state index contributed by atoms with van der Waals surface area (Å²) < 4.78 is 1.12. The van der Waals surface area contributed by atoms with Gasteiger partial charge in [-0.1, -0.05) is 23.5 Å². The lowest BCUT2D eigenvalue weighted by atomic mass is 10.2. The number of nitrogens with zero attached hydrogens (tertiary/aromatic N) is 1. The molecular formula is C16H16N4O2S. The van der Waals surface area contributed by atoms with Crippen molar-refractivity contribution in [2.45, 2.75) is 6.92 Å². The standard InChI is InChI=1S/C16H16N4O2S/c1-10-6-7-11(15(22)19-10)14(21)17-8-9-18-16-20-12-4-2-3-5-13(12)23-16/h2-7H,8-9H2,1H3,(H,17,21)(H,18,20)(H,19,22). The van der Waals surface area contributed by atoms with Crippen molar-refractivity contribution in [1.29, 1.82) is 0 Å². The maximum atomic E-state index is 12.0. The molecular weight excluding hydrogens is 312 g/mol. The number of benzene rings is 1. The van der Waals surface area contributed by atoms with E-state index in [0.717, 1.165) is 21.0 Å². The Morgan fingerprint density at radius 3 is 2.83 bits per heavy atom. The Balaban J connectivity index is 1.53. The number of thiazole rings is 1. The third-order valence-electron chi connectivity index (χ3n) is 3.28. The number of rotatable bonds is 5. The van der Waals surface area contributed by atoms with Crippen LogP contribution in [0.3, 0.4) is 0 Å². The lowest BCUT2D eigenvalue weighted by molar-refractivity contribution is 0.0953. The summed E-state index contributed by atoms with van der Waals surface area (Å²) in [5.74, 6) is -0.377. The van der Waals surface area contributed by atoms with Gasteiger partial charge in [0.1, 0.15) is 5.56 Å². The molecule has 0 aliphatic heterocycles. The number of hydrogen-bond donors (Lipinski definition) is 3. The number of aromatic nitrogens is 2. The molecule has 0 radical (unpaired) electrons. The van der Waals surface area contributed by atoms with Crippen LogP contribution in [-0.2, 0) is 0 Å². The van der Waals surface area contributed by atoms with Gasteiger partial charge in [-0.15, -0.1) is 0 Å². The van der Waals surface area contributed by atoms with Crippen molar-refractivity contribution in [2.75, 3.05) is 18.4 Å². The number of H-pyrrole nitrogens is 1. The second-order valence-corrected chi connectivity index (χ2v) is 6.08. The van der Waals surface area contributed by atoms with E-state index in [0.29, 0.717) is 13.1 Å². The van der Waals surface area contributed by atoms with Crippen molar-refractivity contribution in [1.82, 2.24) is 15.3 Å². The number of hydrogen-bond acceptors (Lipinski definition) is 5. The number of para-hydroxylation sites is 1. The number of anilines is 1. The van der Waals surface area contributed by atoms with Crippen LogP contribution in [0.1, 0.15) is 16.1 Å². The molecule has 3 aromatic rings. The van der Waals surface area contributed by atoms with Gasteiger partial charge in [0.2, 0.25) is 0 Å². The molecule has 0 saturated heterocycles. The molecule has 118 valence electrons. The number of nitrogens with one attached hydrogen (secondary N) is 3. The van der Waals surface area contributed by atoms with Gasteiger partial charge >= 0.3 is 0 Å². The maximum Gasteiger partial charge on any atom is 0.260 e. The van der Waals surface area contributed by atoms with E-state index in [4.69, 9.17) is 0 Å². The van der Waals surface area contributed by atoms with Crippen molar-refractivity contribution in [3.8, 4) is 0 Å². The Bertz CT molecular complexity index is 867. The van der Waals surface area contributed by atoms with Crippen LogP contribution in [0, 0.1) is 6.92 Å². The first kappa shape index (κ1) is 15.2. The molecule has 0 atom stereocenters. The third-order valence-corrected chi connectivity index (χ3v) is 4.27. The van der Waals surface area contributed by atoms with Gasteiger partial charge < -0.3 is 15.6 Å². The molecule has 0 aliphatic carbocycles. The van der Waals surface area contributed by atoms with E-state index >= 15 is 0 Å². The lowest BCUT2D eigenvalue weighted by Crippen LogP contribution is -2.32. The number of amides is 1. The van der Waals surface area contributed by atoms with E-state index in [2.05, 4.69) is 20.6 Å². The second kappa shape index (κ2) is 6.62. The molecule has 0 aliphatic rings. The number of carbonyl (C=O) groups excluding carboxylic acids is 1. The summed E-state index contributed by atoms with van der Waals surface area (Å²) in [4.78, 5) is 30.7. The van der Waals surface area contributed by atoms with Crippen LogP contribution in [0.2, 0.25) is 0 Å². The van der Waals surface area contributed by atoms with E-state index in [1.807, 2.05) is 24.3 Å². The first-order valence-electron chi connectivity index (χ1n) is 7.21. The van der Waals surface area contributed by atoms with Crippen molar-refractivity contribution in [2.24, 2.45) is 0 Å². The summed E-state index contributed by atoms with van der Waals surface area (Å²) in [5.41, 5.74) is 1.43. The lowest BCUT2D eigenvalue weighted by Gasteiger charge is -2.05. The molecule has 0 fully saturated rings. The van der Waals surface area contributed by atoms with Gasteiger partial charge in [0.25, 0.3) is 11.5 Å². The highest BCUT2D eigenvalue weighted by Gasteiger charge is 2.09. The molecule has 3 N–H and O–H groups in total. The SMILES string of the molecule is Cc1ccc(C(=O)NCCNc2nc3ccccc3s2)c(=O)[nH]1. The molecule has 3 rings (SSSR count). The fourth-order valence-corrected chi connectivity index (χ4v) is 3.03. The molecule has 2 heterocycles. The average Bonchev–Trinajstić information content (AvgIpc) is 2.94. The Hall–Kier alpha value is -2.67. The van der Waals surface area contributed by atoms with Crippen LogP contribution < -0.4 is 16.2 Å². The van der Waals surface area contributed by atoms with E-state index in [-0.39, 0.29) is 17.0 Å². The first-order valence-corrected chi connectivity index (χ1v) is 8.03. The molecule has 23 heavy (non-hydrogen) atoms. The molecule has 7 heteroatoms. The molecule has 0 spiro atoms. The van der Waals surface area contributed by atoms with E-state index in [1.165, 1.54) is 6.07 Å². The quantitative estimate of drug-likeness (QED) is 0.626. The monoisotopic (exact) mass is 328 g/mol. The van der Waals surface area contributed by atoms with Gasteiger partial charge in [0.15, 0.2) is 5.13 Å². The van der Waals surface area contributed by atoms with Gasteiger partial charge in [-0.3, -0.25) is 9.59 Å². The average molecular weight is 328 g/mol. The van der Waals surface area contributed by atoms with E-state index in [1.54, 1.807) is 24.3 Å². The van der Waals surface area contributed by atoms with E-state index in [9.17, 15) is 9.59 Å². The van der Waals surface area contributed by atoms with Gasteiger partial charge in [0.05, 0.1) is 10.2 Å². The zero-order chi connectivity index (χ0) is 16.2. The summed E-state index contributed by atoms with van der Waals surface area (Å²) in [6.07, 6.45) is 0. The summed E-state index contributed by atoms with van der Waals surface area (Å²) in [6.45, 7) is 2.71. The van der Waals surface area contributed by atoms with Crippen molar-refractivity contribution >= 4 is 32.6 Å². The topological polar surface area (TPSA) is 86.9 Å². The minimum absolute atomic E-state index is 0.121. The number of pyridine rings is 1. The molecule has 2 aromatic heterocycles. The summed E-state index contributed by atoms with van der Waals surface area (Å²) in [7, 11) is 0. The molecule has 0 saturated carbocycles. The summed E-state index contributed by atoms with van der Waals surface area (Å²) >= 11 is 1.57.